The number of carbonyl (C=O) groups is 3. The van der Waals surface area contributed by atoms with Crippen molar-refractivity contribution in [1.29, 1.82) is 0 Å². The summed E-state index contributed by atoms with van der Waals surface area (Å²) in [6, 6.07) is 4.79. The molecule has 0 saturated heterocycles. The Kier molecular flexibility index (Phi) is 4.49. The second-order valence-electron chi connectivity index (χ2n) is 6.18. The Labute approximate surface area is 149 Å². The van der Waals surface area contributed by atoms with Gasteiger partial charge in [-0.25, -0.2) is 4.79 Å². The Morgan fingerprint density at radius 2 is 2.04 bits per heavy atom. The molecule has 9 nitrogen and oxygen atoms in total. The lowest BCUT2D eigenvalue weighted by atomic mass is 9.67. The monoisotopic (exact) mass is 362 g/mol. The van der Waals surface area contributed by atoms with E-state index in [1.807, 2.05) is 0 Å². The Morgan fingerprint density at radius 3 is 2.65 bits per heavy atom. The highest BCUT2D eigenvalue weighted by molar-refractivity contribution is 6.14. The number of fused-ring (bicyclic) bond motifs is 2. The first kappa shape index (κ1) is 18.0. The molecule has 2 aliphatic rings. The summed E-state index contributed by atoms with van der Waals surface area (Å²) in [5.41, 5.74) is -2.03. The highest BCUT2D eigenvalue weighted by atomic mass is 16.6. The lowest BCUT2D eigenvalue weighted by molar-refractivity contribution is -0.567. The molecule has 26 heavy (non-hydrogen) atoms. The first-order valence-electron chi connectivity index (χ1n) is 8.18. The summed E-state index contributed by atoms with van der Waals surface area (Å²) in [6.45, 7) is 1.65. The van der Waals surface area contributed by atoms with Crippen LogP contribution >= 0.6 is 0 Å². The third-order valence-corrected chi connectivity index (χ3v) is 4.97. The second-order valence-corrected chi connectivity index (χ2v) is 6.18. The molecule has 0 bridgehead atoms. The van der Waals surface area contributed by atoms with Crippen LogP contribution in [0, 0.1) is 10.1 Å². The number of hydrogen-bond donors (Lipinski definition) is 0. The summed E-state index contributed by atoms with van der Waals surface area (Å²) in [7, 11) is 1.22. The van der Waals surface area contributed by atoms with Gasteiger partial charge >= 0.3 is 11.6 Å². The van der Waals surface area contributed by atoms with Gasteiger partial charge in [0.2, 0.25) is 5.78 Å². The molecule has 0 spiro atoms. The number of nitro groups is 1. The van der Waals surface area contributed by atoms with E-state index in [0.29, 0.717) is 0 Å². The molecule has 1 fully saturated rings. The predicted molar refractivity (Wildman–Crippen MR) is 88.8 cm³/mol. The number of carbonyl (C=O) groups excluding carboxylic acids is 3. The van der Waals surface area contributed by atoms with Crippen molar-refractivity contribution in [2.24, 2.45) is 0 Å². The molecule has 1 amide bonds. The molecule has 1 aliphatic heterocycles. The van der Waals surface area contributed by atoms with Crippen LogP contribution in [-0.4, -0.2) is 54.0 Å². The minimum atomic E-state index is -2.26. The molecule has 1 aliphatic carbocycles. The largest absolute Gasteiger partial charge is 0.449 e. The molecule has 0 unspecified atom stereocenters. The van der Waals surface area contributed by atoms with E-state index in [2.05, 4.69) is 0 Å². The molecule has 1 saturated carbocycles. The van der Waals surface area contributed by atoms with Gasteiger partial charge in [-0.15, -0.1) is 0 Å². The van der Waals surface area contributed by atoms with Crippen LogP contribution in [-0.2, 0) is 14.3 Å². The van der Waals surface area contributed by atoms with Crippen LogP contribution in [0.2, 0.25) is 0 Å². The average Bonchev–Trinajstić information content (AvgIpc) is 2.61. The van der Waals surface area contributed by atoms with E-state index in [1.165, 1.54) is 19.2 Å². The number of anilines is 1. The van der Waals surface area contributed by atoms with Crippen molar-refractivity contribution in [3.05, 3.63) is 39.9 Å². The zero-order valence-electron chi connectivity index (χ0n) is 14.3. The lowest BCUT2D eigenvalue weighted by Crippen LogP contribution is -2.74. The van der Waals surface area contributed by atoms with E-state index < -0.39 is 34.5 Å². The van der Waals surface area contributed by atoms with Crippen LogP contribution in [0.4, 0.5) is 10.5 Å². The number of nitrogens with zero attached hydrogens (tertiary/aromatic N) is 2. The molecular formula is C17H18N2O7. The van der Waals surface area contributed by atoms with Crippen molar-refractivity contribution >= 4 is 23.3 Å². The second kappa shape index (κ2) is 6.49. The number of amides is 1. The standard InChI is InChI=1S/C17H18N2O7/c1-3-26-16(22)18-12-7-5-4-6-11(12)15(21)17(19(23)24)13(18)8-10(20)9-14(17)25-2/h4-7,13-14H,3,8-9H2,1-2H3/t13-,14+,17+/m0/s1. The summed E-state index contributed by atoms with van der Waals surface area (Å²) < 4.78 is 10.3. The Hall–Kier alpha value is -2.81. The molecule has 138 valence electrons. The molecular weight excluding hydrogens is 344 g/mol. The van der Waals surface area contributed by atoms with E-state index in [1.54, 1.807) is 19.1 Å². The van der Waals surface area contributed by atoms with Gasteiger partial charge in [-0.3, -0.25) is 24.6 Å². The first-order valence-corrected chi connectivity index (χ1v) is 8.18. The van der Waals surface area contributed by atoms with Crippen LogP contribution < -0.4 is 4.90 Å². The summed E-state index contributed by atoms with van der Waals surface area (Å²) in [6.07, 6.45) is -2.70. The van der Waals surface area contributed by atoms with E-state index in [9.17, 15) is 24.5 Å². The van der Waals surface area contributed by atoms with E-state index in [0.717, 1.165) is 4.90 Å². The fourth-order valence-corrected chi connectivity index (χ4v) is 3.88. The van der Waals surface area contributed by atoms with Crippen molar-refractivity contribution < 1.29 is 28.8 Å². The third kappa shape index (κ3) is 2.31. The van der Waals surface area contributed by atoms with Gasteiger partial charge in [0, 0.05) is 30.4 Å². The smallest absolute Gasteiger partial charge is 0.414 e. The Bertz CT molecular complexity index is 793. The molecule has 9 heteroatoms. The van der Waals surface area contributed by atoms with Gasteiger partial charge in [0.15, 0.2) is 0 Å². The maximum atomic E-state index is 13.2. The van der Waals surface area contributed by atoms with Crippen LogP contribution in [0.25, 0.3) is 0 Å². The highest BCUT2D eigenvalue weighted by Gasteiger charge is 2.71. The first-order chi connectivity index (χ1) is 12.4. The lowest BCUT2D eigenvalue weighted by Gasteiger charge is -2.47. The van der Waals surface area contributed by atoms with Gasteiger partial charge < -0.3 is 9.47 Å². The molecule has 1 aromatic carbocycles. The molecule has 1 aromatic rings. The van der Waals surface area contributed by atoms with Crippen LogP contribution in [0.5, 0.6) is 0 Å². The molecule has 3 atom stereocenters. The highest BCUT2D eigenvalue weighted by Crippen LogP contribution is 2.45. The molecule has 0 radical (unpaired) electrons. The van der Waals surface area contributed by atoms with Crippen molar-refractivity contribution in [2.45, 2.75) is 37.5 Å². The van der Waals surface area contributed by atoms with Crippen molar-refractivity contribution in [2.75, 3.05) is 18.6 Å². The fraction of sp³-hybridized carbons (Fsp3) is 0.471. The minimum Gasteiger partial charge on any atom is -0.449 e. The van der Waals surface area contributed by atoms with E-state index in [4.69, 9.17) is 9.47 Å². The van der Waals surface area contributed by atoms with Crippen LogP contribution in [0.15, 0.2) is 24.3 Å². The number of ketones is 2. The minimum absolute atomic E-state index is 0.0323. The number of Topliss-reactive ketones (excluding diaryl/α,β-unsaturated/α-hetero) is 2. The third-order valence-electron chi connectivity index (χ3n) is 4.97. The van der Waals surface area contributed by atoms with Gasteiger partial charge in [0.25, 0.3) is 0 Å². The van der Waals surface area contributed by atoms with Crippen LogP contribution in [0.1, 0.15) is 30.1 Å². The van der Waals surface area contributed by atoms with Crippen molar-refractivity contribution in [3.8, 4) is 0 Å². The normalized spacial score (nSPS) is 27.5. The number of methoxy groups -OCH3 is 1. The van der Waals surface area contributed by atoms with Gasteiger partial charge in [0.05, 0.1) is 12.3 Å². The summed E-state index contributed by atoms with van der Waals surface area (Å²) in [4.78, 5) is 50.5. The van der Waals surface area contributed by atoms with E-state index >= 15 is 0 Å². The Morgan fingerprint density at radius 1 is 1.35 bits per heavy atom. The number of ether oxygens (including phenoxy) is 2. The summed E-state index contributed by atoms with van der Waals surface area (Å²) in [5.74, 6) is -1.08. The van der Waals surface area contributed by atoms with Crippen molar-refractivity contribution in [3.63, 3.8) is 0 Å². The average molecular weight is 362 g/mol. The number of benzene rings is 1. The van der Waals surface area contributed by atoms with Crippen LogP contribution in [0.3, 0.4) is 0 Å². The summed E-state index contributed by atoms with van der Waals surface area (Å²) in [5, 5.41) is 12.1. The zero-order valence-corrected chi connectivity index (χ0v) is 14.3. The number of rotatable bonds is 3. The molecule has 0 aromatic heterocycles. The van der Waals surface area contributed by atoms with Gasteiger partial charge in [-0.05, 0) is 19.1 Å². The van der Waals surface area contributed by atoms with Crippen molar-refractivity contribution in [1.82, 2.24) is 0 Å². The molecule has 1 heterocycles. The topological polar surface area (TPSA) is 116 Å². The van der Waals surface area contributed by atoms with Gasteiger partial charge in [-0.1, -0.05) is 12.1 Å². The van der Waals surface area contributed by atoms with Gasteiger partial charge in [-0.2, -0.15) is 0 Å². The maximum absolute atomic E-state index is 13.2. The number of para-hydroxylation sites is 1. The maximum Gasteiger partial charge on any atom is 0.414 e. The predicted octanol–water partition coefficient (Wildman–Crippen LogP) is 1.61. The van der Waals surface area contributed by atoms with E-state index in [-0.39, 0.29) is 36.5 Å². The number of hydrogen-bond acceptors (Lipinski definition) is 7. The fourth-order valence-electron chi connectivity index (χ4n) is 3.88. The SMILES string of the molecule is CCOC(=O)N1c2ccccc2C(=O)[C@@]2([N+](=O)[O-])[C@@H]1CC(=O)C[C@H]2OC. The summed E-state index contributed by atoms with van der Waals surface area (Å²) >= 11 is 0. The quantitative estimate of drug-likeness (QED) is 0.592. The molecule has 0 N–H and O–H groups in total. The zero-order chi connectivity index (χ0) is 19.1. The Balaban J connectivity index is 2.30. The van der Waals surface area contributed by atoms with Gasteiger partial charge in [0.1, 0.15) is 17.9 Å². The molecule has 3 rings (SSSR count).